The molecule has 0 unspecified atom stereocenters. The van der Waals surface area contributed by atoms with Crippen LogP contribution in [0, 0.1) is 11.6 Å². The van der Waals surface area contributed by atoms with Crippen molar-refractivity contribution in [3.63, 3.8) is 0 Å². The van der Waals surface area contributed by atoms with Crippen LogP contribution in [0.15, 0.2) is 36.4 Å². The topological polar surface area (TPSA) is 64.6 Å². The van der Waals surface area contributed by atoms with Crippen LogP contribution in [0.3, 0.4) is 0 Å². The van der Waals surface area contributed by atoms with E-state index in [0.29, 0.717) is 23.5 Å². The lowest BCUT2D eigenvalue weighted by Crippen LogP contribution is -2.27. The maximum Gasteiger partial charge on any atom is 0.220 e. The Bertz CT molecular complexity index is 854. The van der Waals surface area contributed by atoms with Gasteiger partial charge in [-0.1, -0.05) is 6.07 Å². The molecule has 1 amide bonds. The van der Waals surface area contributed by atoms with Crippen molar-refractivity contribution in [3.05, 3.63) is 59.2 Å². The Morgan fingerprint density at radius 3 is 2.50 bits per heavy atom. The summed E-state index contributed by atoms with van der Waals surface area (Å²) in [4.78, 5) is 23.4. The minimum atomic E-state index is -0.697. The van der Waals surface area contributed by atoms with Crippen LogP contribution < -0.4 is 14.8 Å². The first-order valence-corrected chi connectivity index (χ1v) is 8.88. The van der Waals surface area contributed by atoms with E-state index in [9.17, 15) is 18.4 Å². The van der Waals surface area contributed by atoms with Gasteiger partial charge >= 0.3 is 0 Å². The SMILES string of the molecule is COc1cc(C(C)=O)ccc1OCCCC(=O)N[C@H](C)c1ccc(F)cc1F. The highest BCUT2D eigenvalue weighted by molar-refractivity contribution is 5.94. The molecule has 0 aliphatic rings. The monoisotopic (exact) mass is 391 g/mol. The maximum atomic E-state index is 13.8. The van der Waals surface area contributed by atoms with Crippen molar-refractivity contribution in [2.24, 2.45) is 0 Å². The second-order valence-electron chi connectivity index (χ2n) is 6.33. The summed E-state index contributed by atoms with van der Waals surface area (Å²) in [5, 5.41) is 2.68. The predicted octanol–water partition coefficient (Wildman–Crippen LogP) is 4.21. The molecule has 0 heterocycles. The van der Waals surface area contributed by atoms with Gasteiger partial charge in [-0.3, -0.25) is 9.59 Å². The summed E-state index contributed by atoms with van der Waals surface area (Å²) in [5.74, 6) is -0.778. The molecule has 0 aromatic heterocycles. The molecule has 2 rings (SSSR count). The minimum absolute atomic E-state index is 0.0757. The van der Waals surface area contributed by atoms with E-state index in [1.165, 1.54) is 20.1 Å². The highest BCUT2D eigenvalue weighted by Crippen LogP contribution is 2.28. The molecule has 150 valence electrons. The fourth-order valence-electron chi connectivity index (χ4n) is 2.66. The molecule has 0 spiro atoms. The molecule has 7 heteroatoms. The van der Waals surface area contributed by atoms with Gasteiger partial charge in [0.2, 0.25) is 5.91 Å². The fourth-order valence-corrected chi connectivity index (χ4v) is 2.66. The molecule has 28 heavy (non-hydrogen) atoms. The average Bonchev–Trinajstić information content (AvgIpc) is 2.64. The third-order valence-corrected chi connectivity index (χ3v) is 4.18. The Morgan fingerprint density at radius 1 is 1.11 bits per heavy atom. The first kappa shape index (κ1) is 21.3. The molecule has 0 saturated heterocycles. The van der Waals surface area contributed by atoms with Crippen LogP contribution in [0.5, 0.6) is 11.5 Å². The Kier molecular flexibility index (Phi) is 7.49. The van der Waals surface area contributed by atoms with Crippen LogP contribution in [0.25, 0.3) is 0 Å². The third-order valence-electron chi connectivity index (χ3n) is 4.18. The van der Waals surface area contributed by atoms with Gasteiger partial charge in [0.1, 0.15) is 11.6 Å². The van der Waals surface area contributed by atoms with Crippen molar-refractivity contribution in [3.8, 4) is 11.5 Å². The van der Waals surface area contributed by atoms with Crippen LogP contribution in [-0.2, 0) is 4.79 Å². The molecule has 0 fully saturated rings. The van der Waals surface area contributed by atoms with Crippen molar-refractivity contribution in [1.82, 2.24) is 5.32 Å². The van der Waals surface area contributed by atoms with Gasteiger partial charge in [0.25, 0.3) is 0 Å². The number of rotatable bonds is 9. The van der Waals surface area contributed by atoms with Crippen LogP contribution in [0.1, 0.15) is 48.7 Å². The van der Waals surface area contributed by atoms with Gasteiger partial charge < -0.3 is 14.8 Å². The smallest absolute Gasteiger partial charge is 0.220 e. The van der Waals surface area contributed by atoms with E-state index in [4.69, 9.17) is 9.47 Å². The normalized spacial score (nSPS) is 11.6. The molecule has 2 aromatic carbocycles. The van der Waals surface area contributed by atoms with Crippen LogP contribution >= 0.6 is 0 Å². The number of ketones is 1. The van der Waals surface area contributed by atoms with Gasteiger partial charge in [-0.2, -0.15) is 0 Å². The Labute approximate surface area is 162 Å². The Morgan fingerprint density at radius 2 is 1.86 bits per heavy atom. The van der Waals surface area contributed by atoms with Gasteiger partial charge in [-0.15, -0.1) is 0 Å². The highest BCUT2D eigenvalue weighted by Gasteiger charge is 2.14. The van der Waals surface area contributed by atoms with E-state index >= 15 is 0 Å². The van der Waals surface area contributed by atoms with E-state index in [1.54, 1.807) is 25.1 Å². The summed E-state index contributed by atoms with van der Waals surface area (Å²) in [6.45, 7) is 3.36. The lowest BCUT2D eigenvalue weighted by atomic mass is 10.1. The maximum absolute atomic E-state index is 13.8. The van der Waals surface area contributed by atoms with Gasteiger partial charge in [0.05, 0.1) is 19.8 Å². The number of benzene rings is 2. The largest absolute Gasteiger partial charge is 0.493 e. The molecule has 1 atom stereocenters. The summed E-state index contributed by atoms with van der Waals surface area (Å²) in [6.07, 6.45) is 0.614. The summed E-state index contributed by atoms with van der Waals surface area (Å²) in [7, 11) is 1.48. The van der Waals surface area contributed by atoms with Gasteiger partial charge in [0, 0.05) is 23.6 Å². The predicted molar refractivity (Wildman–Crippen MR) is 101 cm³/mol. The fraction of sp³-hybridized carbons (Fsp3) is 0.333. The number of methoxy groups -OCH3 is 1. The zero-order valence-electron chi connectivity index (χ0n) is 16.1. The first-order chi connectivity index (χ1) is 13.3. The highest BCUT2D eigenvalue weighted by atomic mass is 19.1. The van der Waals surface area contributed by atoms with Gasteiger partial charge in [-0.25, -0.2) is 8.78 Å². The number of Topliss-reactive ketones (excluding diaryl/α,β-unsaturated/α-hetero) is 1. The van der Waals surface area contributed by atoms with Crippen molar-refractivity contribution in [1.29, 1.82) is 0 Å². The molecular weight excluding hydrogens is 368 g/mol. The molecule has 0 radical (unpaired) electrons. The van der Waals surface area contributed by atoms with Crippen molar-refractivity contribution in [2.75, 3.05) is 13.7 Å². The lowest BCUT2D eigenvalue weighted by Gasteiger charge is -2.15. The molecule has 5 nitrogen and oxygen atoms in total. The van der Waals surface area contributed by atoms with E-state index in [1.807, 2.05) is 0 Å². The zero-order chi connectivity index (χ0) is 20.7. The Balaban J connectivity index is 1.82. The number of amides is 1. The summed E-state index contributed by atoms with van der Waals surface area (Å²) in [6, 6.07) is 7.57. The number of carbonyl (C=O) groups excluding carboxylic acids is 2. The van der Waals surface area contributed by atoms with Gasteiger partial charge in [-0.05, 0) is 44.5 Å². The number of nitrogens with one attached hydrogen (secondary N) is 1. The summed E-state index contributed by atoms with van der Waals surface area (Å²) >= 11 is 0. The van der Waals surface area contributed by atoms with E-state index in [-0.39, 0.29) is 30.3 Å². The average molecular weight is 391 g/mol. The number of carbonyl (C=O) groups is 2. The molecule has 0 bridgehead atoms. The summed E-state index contributed by atoms with van der Waals surface area (Å²) in [5.41, 5.74) is 0.742. The third kappa shape index (κ3) is 5.77. The second-order valence-corrected chi connectivity index (χ2v) is 6.33. The molecule has 1 N–H and O–H groups in total. The second kappa shape index (κ2) is 9.82. The van der Waals surface area contributed by atoms with E-state index in [0.717, 1.165) is 12.1 Å². The van der Waals surface area contributed by atoms with E-state index < -0.39 is 17.7 Å². The minimum Gasteiger partial charge on any atom is -0.493 e. The van der Waals surface area contributed by atoms with Gasteiger partial charge in [0.15, 0.2) is 17.3 Å². The molecule has 0 aliphatic heterocycles. The quantitative estimate of drug-likeness (QED) is 0.514. The van der Waals surface area contributed by atoms with Crippen LogP contribution in [0.2, 0.25) is 0 Å². The van der Waals surface area contributed by atoms with Crippen molar-refractivity contribution >= 4 is 11.7 Å². The number of hydrogen-bond donors (Lipinski definition) is 1. The van der Waals surface area contributed by atoms with E-state index in [2.05, 4.69) is 5.32 Å². The van der Waals surface area contributed by atoms with Crippen molar-refractivity contribution in [2.45, 2.75) is 32.7 Å². The number of ether oxygens (including phenoxy) is 2. The molecular formula is C21H23F2NO4. The molecule has 2 aromatic rings. The zero-order valence-corrected chi connectivity index (χ0v) is 16.1. The number of halogens is 2. The number of hydrogen-bond acceptors (Lipinski definition) is 4. The first-order valence-electron chi connectivity index (χ1n) is 8.88. The standard InChI is InChI=1S/C21H23F2NO4/c1-13(17-8-7-16(22)12-18(17)23)24-21(26)5-4-10-28-19-9-6-15(14(2)25)11-20(19)27-3/h6-9,11-13H,4-5,10H2,1-3H3,(H,24,26)/t13-/m1/s1. The summed E-state index contributed by atoms with van der Waals surface area (Å²) < 4.78 is 37.6. The Hall–Kier alpha value is -2.96. The van der Waals surface area contributed by atoms with Crippen LogP contribution in [-0.4, -0.2) is 25.4 Å². The lowest BCUT2D eigenvalue weighted by molar-refractivity contribution is -0.122. The van der Waals surface area contributed by atoms with Crippen LogP contribution in [0.4, 0.5) is 8.78 Å². The molecule has 0 aliphatic carbocycles. The molecule has 0 saturated carbocycles. The van der Waals surface area contributed by atoms with Crippen molar-refractivity contribution < 1.29 is 27.8 Å².